The molecule has 0 atom stereocenters. The molecule has 0 saturated carbocycles. The fourth-order valence-corrected chi connectivity index (χ4v) is 4.51. The molecule has 7 nitrogen and oxygen atoms in total. The lowest BCUT2D eigenvalue weighted by Crippen LogP contribution is -2.14. The number of nitrogens with one attached hydrogen (secondary N) is 1. The van der Waals surface area contributed by atoms with Crippen molar-refractivity contribution in [2.45, 2.75) is 37.1 Å². The van der Waals surface area contributed by atoms with Crippen molar-refractivity contribution in [1.29, 1.82) is 5.26 Å². The van der Waals surface area contributed by atoms with Crippen molar-refractivity contribution >= 4 is 15.7 Å². The quantitative estimate of drug-likeness (QED) is 0.733. The zero-order valence-corrected chi connectivity index (χ0v) is 16.0. The summed E-state index contributed by atoms with van der Waals surface area (Å²) in [7, 11) is -3.85. The zero-order chi connectivity index (χ0) is 19.6. The van der Waals surface area contributed by atoms with E-state index in [-0.39, 0.29) is 4.90 Å². The van der Waals surface area contributed by atoms with Crippen LogP contribution in [0.1, 0.15) is 30.7 Å². The van der Waals surface area contributed by atoms with Gasteiger partial charge in [0.25, 0.3) is 10.0 Å². The number of aromatic nitrogens is 3. The second kappa shape index (κ2) is 7.44. The summed E-state index contributed by atoms with van der Waals surface area (Å²) in [6.45, 7) is 0.822. The maximum atomic E-state index is 12.9. The first-order valence-corrected chi connectivity index (χ1v) is 10.6. The molecule has 0 fully saturated rings. The lowest BCUT2D eigenvalue weighted by molar-refractivity contribution is 0.601. The summed E-state index contributed by atoms with van der Waals surface area (Å²) >= 11 is 0. The lowest BCUT2D eigenvalue weighted by atomic mass is 10.1. The van der Waals surface area contributed by atoms with Gasteiger partial charge in [0.15, 0.2) is 5.82 Å². The number of anilines is 1. The van der Waals surface area contributed by atoms with Crippen LogP contribution in [0.15, 0.2) is 53.4 Å². The van der Waals surface area contributed by atoms with E-state index in [2.05, 4.69) is 19.5 Å². The van der Waals surface area contributed by atoms with E-state index in [1.165, 1.54) is 12.1 Å². The Morgan fingerprint density at radius 1 is 1.04 bits per heavy atom. The van der Waals surface area contributed by atoms with E-state index in [1.807, 2.05) is 18.2 Å². The number of nitriles is 1. The van der Waals surface area contributed by atoms with Crippen molar-refractivity contribution in [3.8, 4) is 17.5 Å². The van der Waals surface area contributed by atoms with Crippen LogP contribution in [0, 0.1) is 11.3 Å². The molecule has 1 N–H and O–H groups in total. The highest BCUT2D eigenvalue weighted by Crippen LogP contribution is 2.30. The molecule has 0 amide bonds. The van der Waals surface area contributed by atoms with Gasteiger partial charge in [-0.3, -0.25) is 4.72 Å². The minimum Gasteiger partial charge on any atom is -0.311 e. The largest absolute Gasteiger partial charge is 0.311 e. The van der Waals surface area contributed by atoms with Gasteiger partial charge >= 0.3 is 0 Å². The number of fused-ring (bicyclic) bond motifs is 1. The highest BCUT2D eigenvalue weighted by molar-refractivity contribution is 7.92. The number of benzene rings is 2. The van der Waals surface area contributed by atoms with Crippen molar-refractivity contribution in [3.63, 3.8) is 0 Å². The van der Waals surface area contributed by atoms with Crippen LogP contribution in [0.2, 0.25) is 0 Å². The van der Waals surface area contributed by atoms with Crippen LogP contribution in [-0.2, 0) is 23.0 Å². The van der Waals surface area contributed by atoms with Crippen LogP contribution in [0.25, 0.3) is 11.4 Å². The molecule has 8 heteroatoms. The summed E-state index contributed by atoms with van der Waals surface area (Å²) in [5, 5.41) is 17.7. The van der Waals surface area contributed by atoms with Crippen LogP contribution in [-0.4, -0.2) is 23.2 Å². The van der Waals surface area contributed by atoms with Crippen LogP contribution in [0.3, 0.4) is 0 Å². The molecule has 1 aliphatic rings. The molecule has 0 bridgehead atoms. The SMILES string of the molecule is N#Cc1cccc(S(=O)(=O)Nc2ccccc2-c2nnc3n2CCCCC3)c1. The van der Waals surface area contributed by atoms with Gasteiger partial charge in [0.05, 0.1) is 22.2 Å². The third-order valence-electron chi connectivity index (χ3n) is 4.80. The second-order valence-corrected chi connectivity index (χ2v) is 8.38. The molecule has 0 radical (unpaired) electrons. The number of sulfonamides is 1. The minimum atomic E-state index is -3.85. The Balaban J connectivity index is 1.73. The smallest absolute Gasteiger partial charge is 0.261 e. The van der Waals surface area contributed by atoms with Crippen molar-refractivity contribution in [2.75, 3.05) is 4.72 Å². The first-order chi connectivity index (χ1) is 13.6. The average molecular weight is 393 g/mol. The summed E-state index contributed by atoms with van der Waals surface area (Å²) in [5.41, 5.74) is 1.41. The molecular formula is C20H19N5O2S. The number of hydrogen-bond acceptors (Lipinski definition) is 5. The highest BCUT2D eigenvalue weighted by Gasteiger charge is 2.21. The maximum absolute atomic E-state index is 12.9. The van der Waals surface area contributed by atoms with Gasteiger partial charge < -0.3 is 4.57 Å². The predicted octanol–water partition coefficient (Wildman–Crippen LogP) is 3.34. The summed E-state index contributed by atoms with van der Waals surface area (Å²) in [5.74, 6) is 1.60. The average Bonchev–Trinajstić information content (AvgIpc) is 2.96. The third-order valence-corrected chi connectivity index (χ3v) is 6.16. The first-order valence-electron chi connectivity index (χ1n) is 9.13. The molecule has 2 aromatic carbocycles. The fraction of sp³-hybridized carbons (Fsp3) is 0.250. The van der Waals surface area contributed by atoms with Gasteiger partial charge in [-0.15, -0.1) is 10.2 Å². The van der Waals surface area contributed by atoms with E-state index in [0.717, 1.165) is 38.1 Å². The van der Waals surface area contributed by atoms with Crippen molar-refractivity contribution in [2.24, 2.45) is 0 Å². The number of aryl methyl sites for hydroxylation is 1. The fourth-order valence-electron chi connectivity index (χ4n) is 3.39. The van der Waals surface area contributed by atoms with E-state index < -0.39 is 10.0 Å². The van der Waals surface area contributed by atoms with Crippen molar-refractivity contribution in [3.05, 3.63) is 59.9 Å². The second-order valence-electron chi connectivity index (χ2n) is 6.69. The Hall–Kier alpha value is -3.18. The molecule has 1 aliphatic heterocycles. The Labute approximate surface area is 163 Å². The number of para-hydroxylation sites is 1. The van der Waals surface area contributed by atoms with Crippen molar-refractivity contribution < 1.29 is 8.42 Å². The Bertz CT molecular complexity index is 1160. The minimum absolute atomic E-state index is 0.0430. The number of hydrogen-bond donors (Lipinski definition) is 1. The molecule has 0 spiro atoms. The van der Waals surface area contributed by atoms with Gasteiger partial charge in [0.2, 0.25) is 0 Å². The van der Waals surface area contributed by atoms with Crippen molar-refractivity contribution in [1.82, 2.24) is 14.8 Å². The Morgan fingerprint density at radius 2 is 1.89 bits per heavy atom. The van der Waals surface area contributed by atoms with Crippen LogP contribution < -0.4 is 4.72 Å². The molecule has 28 heavy (non-hydrogen) atoms. The number of rotatable bonds is 4. The maximum Gasteiger partial charge on any atom is 0.261 e. The third kappa shape index (κ3) is 3.49. The molecule has 2 heterocycles. The molecule has 0 aliphatic carbocycles. The van der Waals surface area contributed by atoms with E-state index in [0.29, 0.717) is 22.6 Å². The van der Waals surface area contributed by atoms with Gasteiger partial charge in [0, 0.05) is 18.5 Å². The van der Waals surface area contributed by atoms with E-state index in [9.17, 15) is 8.42 Å². The molecule has 142 valence electrons. The summed E-state index contributed by atoms with van der Waals surface area (Å²) in [6.07, 6.45) is 4.16. The molecule has 4 rings (SSSR count). The predicted molar refractivity (Wildman–Crippen MR) is 105 cm³/mol. The monoisotopic (exact) mass is 393 g/mol. The molecule has 1 aromatic heterocycles. The molecule has 3 aromatic rings. The molecular weight excluding hydrogens is 374 g/mol. The van der Waals surface area contributed by atoms with Gasteiger partial charge in [-0.1, -0.05) is 24.6 Å². The molecule has 0 unspecified atom stereocenters. The number of nitrogens with zero attached hydrogens (tertiary/aromatic N) is 4. The summed E-state index contributed by atoms with van der Waals surface area (Å²) in [4.78, 5) is 0.0430. The van der Waals surface area contributed by atoms with Crippen LogP contribution in [0.4, 0.5) is 5.69 Å². The van der Waals surface area contributed by atoms with Gasteiger partial charge in [-0.25, -0.2) is 8.42 Å². The zero-order valence-electron chi connectivity index (χ0n) is 15.2. The Kier molecular flexibility index (Phi) is 4.84. The highest BCUT2D eigenvalue weighted by atomic mass is 32.2. The normalized spacial score (nSPS) is 14.0. The van der Waals surface area contributed by atoms with Crippen LogP contribution in [0.5, 0.6) is 0 Å². The standard InChI is InChI=1S/C20H19N5O2S/c21-14-15-7-6-8-16(13-15)28(26,27)24-18-10-4-3-9-17(18)20-23-22-19-11-2-1-5-12-25(19)20/h3-4,6-10,13,24H,1-2,5,11-12H2. The Morgan fingerprint density at radius 3 is 2.75 bits per heavy atom. The summed E-state index contributed by atoms with van der Waals surface area (Å²) < 4.78 is 30.5. The molecule has 0 saturated heterocycles. The summed E-state index contributed by atoms with van der Waals surface area (Å²) in [6, 6.07) is 15.1. The first kappa shape index (κ1) is 18.2. The van der Waals surface area contributed by atoms with E-state index in [1.54, 1.807) is 24.3 Å². The van der Waals surface area contributed by atoms with Gasteiger partial charge in [-0.2, -0.15) is 5.26 Å². The van der Waals surface area contributed by atoms with Crippen LogP contribution >= 0.6 is 0 Å². The van der Waals surface area contributed by atoms with Gasteiger partial charge in [-0.05, 0) is 43.2 Å². The van der Waals surface area contributed by atoms with E-state index in [4.69, 9.17) is 5.26 Å². The lowest BCUT2D eigenvalue weighted by Gasteiger charge is -2.13. The van der Waals surface area contributed by atoms with E-state index >= 15 is 0 Å². The topological polar surface area (TPSA) is 101 Å². The van der Waals surface area contributed by atoms with Gasteiger partial charge in [0.1, 0.15) is 5.82 Å².